The molecule has 0 aromatic carbocycles. The summed E-state index contributed by atoms with van der Waals surface area (Å²) in [5, 5.41) is 2.57. The van der Waals surface area contributed by atoms with Gasteiger partial charge in [0.2, 0.25) is 5.91 Å². The summed E-state index contributed by atoms with van der Waals surface area (Å²) < 4.78 is 38.8. The van der Waals surface area contributed by atoms with Crippen molar-refractivity contribution in [1.82, 2.24) is 10.2 Å². The minimum atomic E-state index is -4.42. The van der Waals surface area contributed by atoms with Crippen LogP contribution < -0.4 is 11.1 Å². The standard InChI is InChI=1S/C10H18F3N3O/c1-3-7-9(17)15-4-5-16(7)8(6(2)14)10(11,12)13/h6-8H,3-5,14H2,1-2H3,(H,15,17). The summed E-state index contributed by atoms with van der Waals surface area (Å²) in [7, 11) is 0. The first kappa shape index (κ1) is 14.2. The predicted octanol–water partition coefficient (Wildman–Crippen LogP) is 0.475. The first-order valence-corrected chi connectivity index (χ1v) is 5.64. The molecule has 7 heteroatoms. The third-order valence-corrected chi connectivity index (χ3v) is 2.95. The highest BCUT2D eigenvalue weighted by Crippen LogP contribution is 2.29. The summed E-state index contributed by atoms with van der Waals surface area (Å²) in [6.45, 7) is 3.42. The minimum absolute atomic E-state index is 0.177. The van der Waals surface area contributed by atoms with E-state index in [4.69, 9.17) is 5.73 Å². The van der Waals surface area contributed by atoms with Crippen molar-refractivity contribution in [2.24, 2.45) is 5.73 Å². The van der Waals surface area contributed by atoms with Crippen LogP contribution in [0.15, 0.2) is 0 Å². The summed E-state index contributed by atoms with van der Waals surface area (Å²) >= 11 is 0. The molecule has 17 heavy (non-hydrogen) atoms. The average molecular weight is 253 g/mol. The Bertz CT molecular complexity index is 280. The molecule has 0 aromatic heterocycles. The zero-order valence-electron chi connectivity index (χ0n) is 9.92. The Morgan fingerprint density at radius 3 is 2.59 bits per heavy atom. The van der Waals surface area contributed by atoms with Crippen molar-refractivity contribution in [3.63, 3.8) is 0 Å². The summed E-state index contributed by atoms with van der Waals surface area (Å²) in [6, 6.07) is -3.57. The van der Waals surface area contributed by atoms with Crippen LogP contribution in [0.1, 0.15) is 20.3 Å². The average Bonchev–Trinajstić information content (AvgIpc) is 2.15. The first-order valence-electron chi connectivity index (χ1n) is 5.64. The van der Waals surface area contributed by atoms with Crippen LogP contribution in [-0.2, 0) is 4.79 Å². The summed E-state index contributed by atoms with van der Waals surface area (Å²) in [5.41, 5.74) is 5.42. The second kappa shape index (κ2) is 5.22. The third kappa shape index (κ3) is 3.10. The Labute approximate surface area is 98.3 Å². The van der Waals surface area contributed by atoms with E-state index in [1.54, 1.807) is 6.92 Å². The SMILES string of the molecule is CCC1C(=O)NCCN1C(C(C)N)C(F)(F)F. The quantitative estimate of drug-likeness (QED) is 0.769. The maximum atomic E-state index is 12.9. The molecule has 1 heterocycles. The maximum Gasteiger partial charge on any atom is 0.405 e. The highest BCUT2D eigenvalue weighted by Gasteiger charge is 2.49. The lowest BCUT2D eigenvalue weighted by Crippen LogP contribution is -2.65. The van der Waals surface area contributed by atoms with Crippen molar-refractivity contribution in [3.8, 4) is 0 Å². The van der Waals surface area contributed by atoms with E-state index in [2.05, 4.69) is 5.32 Å². The number of amides is 1. The van der Waals surface area contributed by atoms with Crippen LogP contribution >= 0.6 is 0 Å². The fourth-order valence-electron chi connectivity index (χ4n) is 2.27. The highest BCUT2D eigenvalue weighted by atomic mass is 19.4. The van der Waals surface area contributed by atoms with Gasteiger partial charge in [0.1, 0.15) is 6.04 Å². The molecule has 100 valence electrons. The largest absolute Gasteiger partial charge is 0.405 e. The van der Waals surface area contributed by atoms with Crippen molar-refractivity contribution >= 4 is 5.91 Å². The molecule has 0 saturated carbocycles. The fraction of sp³-hybridized carbons (Fsp3) is 0.900. The van der Waals surface area contributed by atoms with Gasteiger partial charge >= 0.3 is 6.18 Å². The van der Waals surface area contributed by atoms with Crippen LogP contribution in [0, 0.1) is 0 Å². The van der Waals surface area contributed by atoms with Gasteiger partial charge in [-0.15, -0.1) is 0 Å². The smallest absolute Gasteiger partial charge is 0.353 e. The topological polar surface area (TPSA) is 58.4 Å². The van der Waals surface area contributed by atoms with Gasteiger partial charge in [0.15, 0.2) is 0 Å². The molecule has 3 N–H and O–H groups in total. The van der Waals surface area contributed by atoms with Crippen LogP contribution in [0.4, 0.5) is 13.2 Å². The zero-order valence-corrected chi connectivity index (χ0v) is 9.92. The molecule has 1 amide bonds. The van der Waals surface area contributed by atoms with Gasteiger partial charge in [-0.3, -0.25) is 9.69 Å². The van der Waals surface area contributed by atoms with Gasteiger partial charge in [-0.25, -0.2) is 0 Å². The normalized spacial score (nSPS) is 26.5. The van der Waals surface area contributed by atoms with E-state index in [-0.39, 0.29) is 19.0 Å². The van der Waals surface area contributed by atoms with E-state index in [0.717, 1.165) is 0 Å². The molecule has 0 aromatic rings. The number of nitrogens with zero attached hydrogens (tertiary/aromatic N) is 1. The molecule has 1 fully saturated rings. The van der Waals surface area contributed by atoms with Crippen molar-refractivity contribution in [1.29, 1.82) is 0 Å². The Hall–Kier alpha value is -0.820. The molecule has 3 atom stereocenters. The molecule has 1 saturated heterocycles. The lowest BCUT2D eigenvalue weighted by molar-refractivity contribution is -0.197. The van der Waals surface area contributed by atoms with Gasteiger partial charge in [0.05, 0.1) is 6.04 Å². The van der Waals surface area contributed by atoms with Gasteiger partial charge in [-0.2, -0.15) is 13.2 Å². The molecule has 0 aliphatic carbocycles. The van der Waals surface area contributed by atoms with E-state index in [1.807, 2.05) is 0 Å². The van der Waals surface area contributed by atoms with Gasteiger partial charge in [0.25, 0.3) is 0 Å². The summed E-state index contributed by atoms with van der Waals surface area (Å²) in [4.78, 5) is 12.7. The van der Waals surface area contributed by atoms with Crippen LogP contribution in [-0.4, -0.2) is 48.2 Å². The summed E-state index contributed by atoms with van der Waals surface area (Å²) in [5.74, 6) is -0.353. The molecule has 1 aliphatic heterocycles. The number of halogens is 3. The number of nitrogens with one attached hydrogen (secondary N) is 1. The van der Waals surface area contributed by atoms with E-state index < -0.39 is 24.3 Å². The number of alkyl halides is 3. The zero-order chi connectivity index (χ0) is 13.2. The van der Waals surface area contributed by atoms with Gasteiger partial charge < -0.3 is 11.1 Å². The Morgan fingerprint density at radius 2 is 2.18 bits per heavy atom. The lowest BCUT2D eigenvalue weighted by Gasteiger charge is -2.42. The Balaban J connectivity index is 2.96. The van der Waals surface area contributed by atoms with Crippen molar-refractivity contribution in [2.75, 3.05) is 13.1 Å². The number of carbonyl (C=O) groups is 1. The maximum absolute atomic E-state index is 12.9. The van der Waals surface area contributed by atoms with Gasteiger partial charge in [-0.05, 0) is 13.3 Å². The first-order chi connectivity index (χ1) is 7.79. The predicted molar refractivity (Wildman–Crippen MR) is 57.3 cm³/mol. The Kier molecular flexibility index (Phi) is 4.37. The van der Waals surface area contributed by atoms with E-state index in [0.29, 0.717) is 6.42 Å². The number of hydrogen-bond acceptors (Lipinski definition) is 3. The van der Waals surface area contributed by atoms with Gasteiger partial charge in [-0.1, -0.05) is 6.92 Å². The molecule has 1 rings (SSSR count). The minimum Gasteiger partial charge on any atom is -0.353 e. The van der Waals surface area contributed by atoms with E-state index in [1.165, 1.54) is 11.8 Å². The number of nitrogens with two attached hydrogens (primary N) is 1. The van der Waals surface area contributed by atoms with Crippen LogP contribution in [0.3, 0.4) is 0 Å². The molecule has 3 unspecified atom stereocenters. The number of hydrogen-bond donors (Lipinski definition) is 2. The molecule has 1 aliphatic rings. The monoisotopic (exact) mass is 253 g/mol. The second-order valence-corrected chi connectivity index (χ2v) is 4.30. The van der Waals surface area contributed by atoms with Gasteiger partial charge in [0, 0.05) is 19.1 Å². The molecular formula is C10H18F3N3O. The Morgan fingerprint density at radius 1 is 1.59 bits per heavy atom. The van der Waals surface area contributed by atoms with E-state index >= 15 is 0 Å². The van der Waals surface area contributed by atoms with Crippen LogP contribution in [0.5, 0.6) is 0 Å². The van der Waals surface area contributed by atoms with E-state index in [9.17, 15) is 18.0 Å². The van der Waals surface area contributed by atoms with Crippen molar-refractivity contribution in [3.05, 3.63) is 0 Å². The molecular weight excluding hydrogens is 235 g/mol. The number of rotatable bonds is 3. The molecule has 0 radical (unpaired) electrons. The third-order valence-electron chi connectivity index (χ3n) is 2.95. The fourth-order valence-corrected chi connectivity index (χ4v) is 2.27. The molecule has 4 nitrogen and oxygen atoms in total. The lowest BCUT2D eigenvalue weighted by atomic mass is 10.0. The summed E-state index contributed by atoms with van der Waals surface area (Å²) in [6.07, 6.45) is -4.08. The number of piperazine rings is 1. The van der Waals surface area contributed by atoms with Crippen molar-refractivity contribution < 1.29 is 18.0 Å². The second-order valence-electron chi connectivity index (χ2n) is 4.30. The van der Waals surface area contributed by atoms with Crippen LogP contribution in [0.2, 0.25) is 0 Å². The van der Waals surface area contributed by atoms with Crippen molar-refractivity contribution in [2.45, 2.75) is 44.6 Å². The number of carbonyl (C=O) groups excluding carboxylic acids is 1. The molecule has 0 bridgehead atoms. The van der Waals surface area contributed by atoms with Crippen LogP contribution in [0.25, 0.3) is 0 Å². The molecule has 0 spiro atoms. The highest BCUT2D eigenvalue weighted by molar-refractivity contribution is 5.82.